The third-order valence-corrected chi connectivity index (χ3v) is 6.48. The number of nitrogens with zero attached hydrogens (tertiary/aromatic N) is 3. The van der Waals surface area contributed by atoms with Crippen molar-refractivity contribution in [2.75, 3.05) is 11.9 Å². The molecule has 0 amide bonds. The van der Waals surface area contributed by atoms with E-state index in [0.717, 1.165) is 16.7 Å². The number of fused-ring (bicyclic) bond motifs is 7. The minimum Gasteiger partial charge on any atom is -0.436 e. The van der Waals surface area contributed by atoms with Crippen LogP contribution in [0.2, 0.25) is 0 Å². The highest BCUT2D eigenvalue weighted by molar-refractivity contribution is 6.08. The lowest BCUT2D eigenvalue weighted by Gasteiger charge is -2.39. The van der Waals surface area contributed by atoms with E-state index in [1.165, 1.54) is 42.3 Å². The maximum atomic E-state index is 6.28. The first-order valence-corrected chi connectivity index (χ1v) is 9.42. The molecule has 1 aliphatic carbocycles. The van der Waals surface area contributed by atoms with Gasteiger partial charge in [0.1, 0.15) is 0 Å². The van der Waals surface area contributed by atoms with E-state index in [4.69, 9.17) is 4.42 Å². The van der Waals surface area contributed by atoms with Gasteiger partial charge in [-0.2, -0.15) is 0 Å². The molecule has 4 nitrogen and oxygen atoms in total. The molecule has 2 aromatic heterocycles. The van der Waals surface area contributed by atoms with E-state index in [1.807, 2.05) is 6.07 Å². The first-order chi connectivity index (χ1) is 12.1. The first-order valence-electron chi connectivity index (χ1n) is 9.42. The van der Waals surface area contributed by atoms with Crippen molar-refractivity contribution in [3.63, 3.8) is 0 Å². The molecular formula is C21H25N3O. The lowest BCUT2D eigenvalue weighted by Crippen LogP contribution is -2.47. The van der Waals surface area contributed by atoms with Gasteiger partial charge in [-0.25, -0.2) is 4.98 Å². The Balaban J connectivity index is 1.77. The zero-order valence-corrected chi connectivity index (χ0v) is 15.2. The van der Waals surface area contributed by atoms with Gasteiger partial charge in [0.15, 0.2) is 5.58 Å². The van der Waals surface area contributed by atoms with Gasteiger partial charge in [0.25, 0.3) is 0 Å². The molecule has 4 heterocycles. The van der Waals surface area contributed by atoms with Gasteiger partial charge >= 0.3 is 0 Å². The standard InChI is InChI=1S/C21H25N3O/c1-13-6-11-17-18-5-4-12-22-21(18)25-20(17)19(13)24-14(2)23(3)15-7-9-16(24)10-8-15/h4-6,11-12,14-16H,7-10H2,1-3H3. The molecule has 6 rings (SSSR count). The third kappa shape index (κ3) is 2.13. The highest BCUT2D eigenvalue weighted by Gasteiger charge is 2.39. The topological polar surface area (TPSA) is 32.5 Å². The van der Waals surface area contributed by atoms with Crippen LogP contribution >= 0.6 is 0 Å². The van der Waals surface area contributed by atoms with Crippen molar-refractivity contribution in [1.29, 1.82) is 0 Å². The average molecular weight is 335 g/mol. The maximum Gasteiger partial charge on any atom is 0.227 e. The van der Waals surface area contributed by atoms with Crippen LogP contribution in [-0.4, -0.2) is 35.2 Å². The SMILES string of the molecule is Cc1ccc2c(oc3ncccc32)c1N1C2CCC(CC2)N(C)C1C. The second-order valence-electron chi connectivity index (χ2n) is 7.73. The summed E-state index contributed by atoms with van der Waals surface area (Å²) in [5, 5.41) is 2.29. The molecule has 1 aromatic carbocycles. The lowest BCUT2D eigenvalue weighted by atomic mass is 9.91. The minimum absolute atomic E-state index is 0.380. The highest BCUT2D eigenvalue weighted by atomic mass is 16.3. The molecule has 0 N–H and O–H groups in total. The Labute approximate surface area is 148 Å². The van der Waals surface area contributed by atoms with E-state index in [0.29, 0.717) is 18.2 Å². The number of rotatable bonds is 1. The van der Waals surface area contributed by atoms with E-state index in [-0.39, 0.29) is 0 Å². The zero-order chi connectivity index (χ0) is 17.1. The number of furan rings is 1. The van der Waals surface area contributed by atoms with Gasteiger partial charge in [-0.1, -0.05) is 12.1 Å². The van der Waals surface area contributed by atoms with E-state index < -0.39 is 0 Å². The Bertz CT molecular complexity index is 939. The van der Waals surface area contributed by atoms with Gasteiger partial charge in [-0.3, -0.25) is 4.90 Å². The first kappa shape index (κ1) is 15.2. The predicted molar refractivity (Wildman–Crippen MR) is 102 cm³/mol. The van der Waals surface area contributed by atoms with E-state index >= 15 is 0 Å². The predicted octanol–water partition coefficient (Wildman–Crippen LogP) is 4.70. The molecule has 25 heavy (non-hydrogen) atoms. The Hall–Kier alpha value is -2.07. The van der Waals surface area contributed by atoms with Crippen molar-refractivity contribution in [2.24, 2.45) is 0 Å². The van der Waals surface area contributed by atoms with Crippen molar-refractivity contribution < 1.29 is 4.42 Å². The fraction of sp³-hybridized carbons (Fsp3) is 0.476. The van der Waals surface area contributed by atoms with Crippen LogP contribution in [0.3, 0.4) is 0 Å². The van der Waals surface area contributed by atoms with E-state index in [9.17, 15) is 0 Å². The molecule has 2 aliphatic heterocycles. The van der Waals surface area contributed by atoms with Gasteiger partial charge in [0.05, 0.1) is 11.9 Å². The summed E-state index contributed by atoms with van der Waals surface area (Å²) >= 11 is 0. The molecule has 1 atom stereocenters. The quantitative estimate of drug-likeness (QED) is 0.645. The molecule has 3 aromatic rings. The Kier molecular flexibility index (Phi) is 3.32. The van der Waals surface area contributed by atoms with Crippen LogP contribution in [0.1, 0.15) is 38.2 Å². The van der Waals surface area contributed by atoms with Crippen molar-refractivity contribution in [3.05, 3.63) is 36.0 Å². The molecule has 1 saturated carbocycles. The van der Waals surface area contributed by atoms with Gasteiger partial charge in [0, 0.05) is 29.1 Å². The summed E-state index contributed by atoms with van der Waals surface area (Å²) in [6.07, 6.45) is 7.34. The van der Waals surface area contributed by atoms with Gasteiger partial charge in [-0.05, 0) is 64.3 Å². The maximum absolute atomic E-state index is 6.28. The normalized spacial score (nSPS) is 27.3. The summed E-state index contributed by atoms with van der Waals surface area (Å²) in [4.78, 5) is 9.63. The molecule has 2 bridgehead atoms. The largest absolute Gasteiger partial charge is 0.436 e. The Morgan fingerprint density at radius 3 is 2.60 bits per heavy atom. The van der Waals surface area contributed by atoms with Gasteiger partial charge in [-0.15, -0.1) is 0 Å². The fourth-order valence-electron chi connectivity index (χ4n) is 5.00. The van der Waals surface area contributed by atoms with Crippen LogP contribution in [-0.2, 0) is 0 Å². The van der Waals surface area contributed by atoms with Crippen LogP contribution in [0.5, 0.6) is 0 Å². The van der Waals surface area contributed by atoms with Crippen LogP contribution in [0.4, 0.5) is 5.69 Å². The molecule has 0 spiro atoms. The molecule has 2 saturated heterocycles. The second kappa shape index (κ2) is 5.46. The smallest absolute Gasteiger partial charge is 0.227 e. The number of hydrogen-bond acceptors (Lipinski definition) is 4. The van der Waals surface area contributed by atoms with Crippen molar-refractivity contribution >= 4 is 27.8 Å². The van der Waals surface area contributed by atoms with Crippen LogP contribution in [0.25, 0.3) is 22.1 Å². The third-order valence-electron chi connectivity index (χ3n) is 6.48. The zero-order valence-electron chi connectivity index (χ0n) is 15.2. The fourth-order valence-corrected chi connectivity index (χ4v) is 5.00. The molecule has 130 valence electrons. The molecule has 1 unspecified atom stereocenters. The molecule has 0 radical (unpaired) electrons. The molecule has 3 fully saturated rings. The van der Waals surface area contributed by atoms with Crippen molar-refractivity contribution in [2.45, 2.75) is 57.8 Å². The second-order valence-corrected chi connectivity index (χ2v) is 7.73. The van der Waals surface area contributed by atoms with Gasteiger partial charge in [0.2, 0.25) is 5.71 Å². The molecular weight excluding hydrogens is 310 g/mol. The van der Waals surface area contributed by atoms with Crippen LogP contribution in [0.15, 0.2) is 34.9 Å². The van der Waals surface area contributed by atoms with Gasteiger partial charge < -0.3 is 9.32 Å². The van der Waals surface area contributed by atoms with Crippen molar-refractivity contribution in [3.8, 4) is 0 Å². The Morgan fingerprint density at radius 1 is 1.04 bits per heavy atom. The summed E-state index contributed by atoms with van der Waals surface area (Å²) in [5.41, 5.74) is 4.29. The number of pyridine rings is 1. The lowest BCUT2D eigenvalue weighted by molar-refractivity contribution is 0.184. The Morgan fingerprint density at radius 2 is 1.80 bits per heavy atom. The minimum atomic E-state index is 0.380. The van der Waals surface area contributed by atoms with Crippen molar-refractivity contribution in [1.82, 2.24) is 9.88 Å². The molecule has 3 aliphatic rings. The summed E-state index contributed by atoms with van der Waals surface area (Å²) in [7, 11) is 2.28. The summed E-state index contributed by atoms with van der Waals surface area (Å²) in [6.45, 7) is 4.55. The van der Waals surface area contributed by atoms with E-state index in [2.05, 4.69) is 53.9 Å². The highest BCUT2D eigenvalue weighted by Crippen LogP contribution is 2.43. The average Bonchev–Trinajstić information content (AvgIpc) is 2.92. The summed E-state index contributed by atoms with van der Waals surface area (Å²) in [5.74, 6) is 0. The van der Waals surface area contributed by atoms with Crippen LogP contribution in [0, 0.1) is 6.92 Å². The van der Waals surface area contributed by atoms with Crippen LogP contribution < -0.4 is 4.90 Å². The summed E-state index contributed by atoms with van der Waals surface area (Å²) < 4.78 is 6.28. The van der Waals surface area contributed by atoms with E-state index in [1.54, 1.807) is 6.20 Å². The number of hydrogen-bond donors (Lipinski definition) is 0. The number of benzene rings is 1. The number of anilines is 1. The molecule has 4 heteroatoms. The number of aromatic nitrogens is 1. The summed E-state index contributed by atoms with van der Waals surface area (Å²) in [6, 6.07) is 9.84. The number of aryl methyl sites for hydroxylation is 1. The monoisotopic (exact) mass is 335 g/mol.